The van der Waals surface area contributed by atoms with Gasteiger partial charge in [-0.25, -0.2) is 4.39 Å². The Kier molecular flexibility index (Phi) is 4.48. The molecular weight excluding hydrogens is 331 g/mol. The van der Waals surface area contributed by atoms with Gasteiger partial charge in [0.2, 0.25) is 0 Å². The fourth-order valence-electron chi connectivity index (χ4n) is 3.38. The number of hydrogen-bond donors (Lipinski definition) is 1. The lowest BCUT2D eigenvalue weighted by Gasteiger charge is -2.31. The molecule has 132 valence electrons. The van der Waals surface area contributed by atoms with E-state index >= 15 is 0 Å². The van der Waals surface area contributed by atoms with Crippen LogP contribution in [0.2, 0.25) is 0 Å². The van der Waals surface area contributed by atoms with Crippen molar-refractivity contribution in [3.8, 4) is 11.3 Å². The summed E-state index contributed by atoms with van der Waals surface area (Å²) in [5, 5.41) is 7.47. The number of aromatic amines is 1. The average molecular weight is 350 g/mol. The van der Waals surface area contributed by atoms with E-state index in [-0.39, 0.29) is 11.7 Å². The first kappa shape index (κ1) is 16.4. The van der Waals surface area contributed by atoms with Crippen molar-refractivity contribution in [3.63, 3.8) is 0 Å². The molecule has 3 aromatic rings. The monoisotopic (exact) mass is 350 g/mol. The highest BCUT2D eigenvalue weighted by molar-refractivity contribution is 5.94. The van der Waals surface area contributed by atoms with Gasteiger partial charge in [-0.3, -0.25) is 14.9 Å². The van der Waals surface area contributed by atoms with Crippen LogP contribution in [0.3, 0.4) is 0 Å². The number of carbonyl (C=O) groups excluding carboxylic acids is 1. The van der Waals surface area contributed by atoms with E-state index in [0.717, 1.165) is 42.9 Å². The maximum atomic E-state index is 13.1. The van der Waals surface area contributed by atoms with Gasteiger partial charge in [-0.15, -0.1) is 0 Å². The topological polar surface area (TPSA) is 61.9 Å². The first-order valence-electron chi connectivity index (χ1n) is 8.71. The summed E-state index contributed by atoms with van der Waals surface area (Å²) in [7, 11) is 0. The summed E-state index contributed by atoms with van der Waals surface area (Å²) in [6.07, 6.45) is 5.06. The molecule has 0 saturated carbocycles. The van der Waals surface area contributed by atoms with Crippen LogP contribution in [0, 0.1) is 5.82 Å². The second-order valence-electron chi connectivity index (χ2n) is 6.52. The van der Waals surface area contributed by atoms with Gasteiger partial charge in [-0.05, 0) is 55.3 Å². The van der Waals surface area contributed by atoms with E-state index < -0.39 is 0 Å². The fourth-order valence-corrected chi connectivity index (χ4v) is 3.38. The van der Waals surface area contributed by atoms with Crippen molar-refractivity contribution in [2.75, 3.05) is 13.1 Å². The van der Waals surface area contributed by atoms with Gasteiger partial charge in [0.15, 0.2) is 0 Å². The number of halogens is 1. The van der Waals surface area contributed by atoms with E-state index in [1.165, 1.54) is 12.1 Å². The molecule has 1 N–H and O–H groups in total. The fraction of sp³-hybridized carbons (Fsp3) is 0.250. The highest BCUT2D eigenvalue weighted by Gasteiger charge is 2.25. The summed E-state index contributed by atoms with van der Waals surface area (Å²) in [6, 6.07) is 11.9. The minimum absolute atomic E-state index is 0.0578. The van der Waals surface area contributed by atoms with E-state index in [1.54, 1.807) is 36.7 Å². The van der Waals surface area contributed by atoms with Crippen molar-refractivity contribution < 1.29 is 9.18 Å². The number of aromatic nitrogens is 3. The third-order valence-electron chi connectivity index (χ3n) is 4.89. The number of amides is 1. The Bertz CT molecular complexity index is 884. The molecule has 0 spiro atoms. The zero-order chi connectivity index (χ0) is 17.9. The number of H-pyrrole nitrogens is 1. The number of hydrogen-bond acceptors (Lipinski definition) is 3. The lowest BCUT2D eigenvalue weighted by molar-refractivity contribution is 0.0712. The number of pyridine rings is 1. The molecule has 1 amide bonds. The van der Waals surface area contributed by atoms with Crippen LogP contribution in [0.5, 0.6) is 0 Å². The lowest BCUT2D eigenvalue weighted by atomic mass is 9.93. The summed E-state index contributed by atoms with van der Waals surface area (Å²) in [5.74, 6) is 0.149. The number of nitrogens with zero attached hydrogens (tertiary/aromatic N) is 3. The molecule has 0 radical (unpaired) electrons. The molecule has 1 aliphatic rings. The second kappa shape index (κ2) is 7.07. The highest BCUT2D eigenvalue weighted by atomic mass is 19.1. The van der Waals surface area contributed by atoms with Crippen LogP contribution in [0.25, 0.3) is 11.3 Å². The van der Waals surface area contributed by atoms with Gasteiger partial charge >= 0.3 is 0 Å². The van der Waals surface area contributed by atoms with E-state index in [4.69, 9.17) is 0 Å². The smallest absolute Gasteiger partial charge is 0.253 e. The molecule has 6 heteroatoms. The Hall–Kier alpha value is -3.02. The van der Waals surface area contributed by atoms with Crippen LogP contribution < -0.4 is 0 Å². The molecule has 3 heterocycles. The minimum Gasteiger partial charge on any atom is -0.339 e. The average Bonchev–Trinajstić information content (AvgIpc) is 3.19. The molecule has 1 fully saturated rings. The molecule has 4 rings (SSSR count). The van der Waals surface area contributed by atoms with Gasteiger partial charge in [-0.1, -0.05) is 0 Å². The van der Waals surface area contributed by atoms with Crippen molar-refractivity contribution in [1.82, 2.24) is 20.1 Å². The van der Waals surface area contributed by atoms with Crippen molar-refractivity contribution >= 4 is 5.91 Å². The van der Waals surface area contributed by atoms with Gasteiger partial charge in [0.05, 0.1) is 5.69 Å². The third-order valence-corrected chi connectivity index (χ3v) is 4.89. The van der Waals surface area contributed by atoms with Gasteiger partial charge in [0.25, 0.3) is 5.91 Å². The predicted octanol–water partition coefficient (Wildman–Crippen LogP) is 3.63. The lowest BCUT2D eigenvalue weighted by Crippen LogP contribution is -2.38. The van der Waals surface area contributed by atoms with Crippen molar-refractivity contribution in [2.24, 2.45) is 0 Å². The standard InChI is InChI=1S/C20H19FN4O/c21-17-3-1-14(2-4-17)18-13-19(24-23-18)15-7-11-25(12-8-15)20(26)16-5-9-22-10-6-16/h1-6,9-10,13,15H,7-8,11-12H2,(H,23,24). The number of benzene rings is 1. The molecule has 2 aromatic heterocycles. The summed E-state index contributed by atoms with van der Waals surface area (Å²) >= 11 is 0. The van der Waals surface area contributed by atoms with Crippen molar-refractivity contribution in [2.45, 2.75) is 18.8 Å². The van der Waals surface area contributed by atoms with Crippen LogP contribution in [-0.4, -0.2) is 39.1 Å². The molecule has 0 atom stereocenters. The Morgan fingerprint density at radius 2 is 1.77 bits per heavy atom. The number of piperidine rings is 1. The quantitative estimate of drug-likeness (QED) is 0.785. The Morgan fingerprint density at radius 3 is 2.46 bits per heavy atom. The van der Waals surface area contributed by atoms with Gasteiger partial charge in [0.1, 0.15) is 5.82 Å². The van der Waals surface area contributed by atoms with Crippen molar-refractivity contribution in [1.29, 1.82) is 0 Å². The maximum absolute atomic E-state index is 13.1. The summed E-state index contributed by atoms with van der Waals surface area (Å²) in [6.45, 7) is 1.44. The molecule has 1 aromatic carbocycles. The van der Waals surface area contributed by atoms with E-state index in [0.29, 0.717) is 11.5 Å². The second-order valence-corrected chi connectivity index (χ2v) is 6.52. The van der Waals surface area contributed by atoms with Gasteiger partial charge in [-0.2, -0.15) is 5.10 Å². The summed E-state index contributed by atoms with van der Waals surface area (Å²) in [5.41, 5.74) is 3.45. The van der Waals surface area contributed by atoms with Crippen molar-refractivity contribution in [3.05, 3.63) is 71.9 Å². The first-order valence-corrected chi connectivity index (χ1v) is 8.71. The number of carbonyl (C=O) groups is 1. The minimum atomic E-state index is -0.254. The van der Waals surface area contributed by atoms with Crippen LogP contribution in [-0.2, 0) is 0 Å². The normalized spacial score (nSPS) is 15.2. The number of likely N-dealkylation sites (tertiary alicyclic amines) is 1. The molecule has 26 heavy (non-hydrogen) atoms. The van der Waals surface area contributed by atoms with Gasteiger partial charge < -0.3 is 4.90 Å². The molecule has 5 nitrogen and oxygen atoms in total. The van der Waals surface area contributed by atoms with E-state index in [9.17, 15) is 9.18 Å². The molecule has 0 unspecified atom stereocenters. The van der Waals surface area contributed by atoms with E-state index in [1.807, 2.05) is 11.0 Å². The van der Waals surface area contributed by atoms with E-state index in [2.05, 4.69) is 15.2 Å². The van der Waals surface area contributed by atoms with Crippen LogP contribution in [0.1, 0.15) is 34.8 Å². The van der Waals surface area contributed by atoms with Gasteiger partial charge in [0, 0.05) is 48.2 Å². The summed E-state index contributed by atoms with van der Waals surface area (Å²) < 4.78 is 13.1. The first-order chi connectivity index (χ1) is 12.7. The van der Waals surface area contributed by atoms with Crippen LogP contribution >= 0.6 is 0 Å². The SMILES string of the molecule is O=C(c1ccncc1)N1CCC(c2cc(-c3ccc(F)cc3)n[nH]2)CC1. The Morgan fingerprint density at radius 1 is 1.08 bits per heavy atom. The Balaban J connectivity index is 1.41. The molecular formula is C20H19FN4O. The highest BCUT2D eigenvalue weighted by Crippen LogP contribution is 2.29. The molecule has 0 bridgehead atoms. The number of nitrogens with one attached hydrogen (secondary N) is 1. The molecule has 0 aliphatic carbocycles. The Labute approximate surface area is 150 Å². The van der Waals surface area contributed by atoms with Crippen LogP contribution in [0.15, 0.2) is 54.9 Å². The zero-order valence-corrected chi connectivity index (χ0v) is 14.2. The van der Waals surface area contributed by atoms with Crippen LogP contribution in [0.4, 0.5) is 4.39 Å². The largest absolute Gasteiger partial charge is 0.339 e. The maximum Gasteiger partial charge on any atom is 0.253 e. The zero-order valence-electron chi connectivity index (χ0n) is 14.2. The molecule has 1 saturated heterocycles. The molecule has 1 aliphatic heterocycles. The summed E-state index contributed by atoms with van der Waals surface area (Å²) in [4.78, 5) is 18.4. The number of rotatable bonds is 3. The predicted molar refractivity (Wildman–Crippen MR) is 96.1 cm³/mol. The third kappa shape index (κ3) is 3.35.